The molecule has 1 aliphatic heterocycles. The molecule has 2 atom stereocenters. The highest BCUT2D eigenvalue weighted by Crippen LogP contribution is 2.20. The third kappa shape index (κ3) is 8.16. The molecule has 1 heterocycles. The number of carbonyl (C=O) groups excluding carboxylic acids is 1. The summed E-state index contributed by atoms with van der Waals surface area (Å²) in [6.45, 7) is 4.93. The molecule has 1 saturated carbocycles. The van der Waals surface area contributed by atoms with Crippen LogP contribution in [0.4, 0.5) is 0 Å². The van der Waals surface area contributed by atoms with Crippen LogP contribution in [0, 0.1) is 0 Å². The number of amides is 1. The van der Waals surface area contributed by atoms with Crippen molar-refractivity contribution in [2.75, 3.05) is 20.2 Å². The van der Waals surface area contributed by atoms with Gasteiger partial charge in [0.2, 0.25) is 0 Å². The van der Waals surface area contributed by atoms with Crippen molar-refractivity contribution in [2.24, 2.45) is 4.99 Å². The molecule has 2 fully saturated rings. The Labute approximate surface area is 219 Å². The van der Waals surface area contributed by atoms with Crippen molar-refractivity contribution in [2.45, 2.75) is 57.4 Å². The first-order valence-corrected chi connectivity index (χ1v) is 11.9. The van der Waals surface area contributed by atoms with Gasteiger partial charge in [-0.1, -0.05) is 42.5 Å². The van der Waals surface area contributed by atoms with Crippen LogP contribution in [0.2, 0.25) is 0 Å². The number of hydrogen-bond donors (Lipinski definition) is 3. The van der Waals surface area contributed by atoms with Crippen LogP contribution in [0.25, 0.3) is 0 Å². The van der Waals surface area contributed by atoms with Crippen LogP contribution in [0.15, 0.2) is 59.6 Å². The molecule has 8 heteroatoms. The summed E-state index contributed by atoms with van der Waals surface area (Å²) in [5.41, 5.74) is 2.42. The van der Waals surface area contributed by atoms with E-state index in [-0.39, 0.29) is 36.5 Å². The number of benzene rings is 2. The minimum absolute atomic E-state index is 0. The van der Waals surface area contributed by atoms with Crippen molar-refractivity contribution < 1.29 is 9.53 Å². The topological polar surface area (TPSA) is 78.0 Å². The van der Waals surface area contributed by atoms with E-state index < -0.39 is 0 Å². The molecule has 184 valence electrons. The number of guanidine groups is 1. The molecule has 0 radical (unpaired) electrons. The lowest BCUT2D eigenvalue weighted by molar-refractivity contribution is -0.123. The van der Waals surface area contributed by atoms with Crippen molar-refractivity contribution in [1.29, 1.82) is 0 Å². The largest absolute Gasteiger partial charge is 0.484 e. The van der Waals surface area contributed by atoms with E-state index in [1.54, 1.807) is 7.05 Å². The first-order valence-electron chi connectivity index (χ1n) is 11.9. The lowest BCUT2D eigenvalue weighted by atomic mass is 10.2. The highest BCUT2D eigenvalue weighted by atomic mass is 127. The van der Waals surface area contributed by atoms with E-state index in [4.69, 9.17) is 4.74 Å². The average molecular weight is 578 g/mol. The molecule has 1 aliphatic carbocycles. The Morgan fingerprint density at radius 3 is 2.56 bits per heavy atom. The third-order valence-electron chi connectivity index (χ3n) is 6.17. The van der Waals surface area contributed by atoms with Gasteiger partial charge in [-0.25, -0.2) is 0 Å². The smallest absolute Gasteiger partial charge is 0.258 e. The fourth-order valence-corrected chi connectivity index (χ4v) is 4.21. The number of nitrogens with one attached hydrogen (secondary N) is 3. The summed E-state index contributed by atoms with van der Waals surface area (Å²) in [4.78, 5) is 18.8. The SMILES string of the molecule is CN=C(NCc1cccc(OCC(=O)NC2CC2)c1)NC1CC(C)N(Cc2ccccc2)C1.I. The van der Waals surface area contributed by atoms with Gasteiger partial charge in [-0.2, -0.15) is 0 Å². The molecule has 0 bridgehead atoms. The number of nitrogens with zero attached hydrogens (tertiary/aromatic N) is 2. The molecule has 1 saturated heterocycles. The van der Waals surface area contributed by atoms with Crippen LogP contribution in [-0.4, -0.2) is 55.1 Å². The Kier molecular flexibility index (Phi) is 10.0. The Hall–Kier alpha value is -2.33. The predicted molar refractivity (Wildman–Crippen MR) is 147 cm³/mol. The summed E-state index contributed by atoms with van der Waals surface area (Å²) >= 11 is 0. The maximum absolute atomic E-state index is 11.8. The van der Waals surface area contributed by atoms with Crippen LogP contribution in [0.1, 0.15) is 37.3 Å². The van der Waals surface area contributed by atoms with Crippen molar-refractivity contribution in [1.82, 2.24) is 20.9 Å². The Balaban J connectivity index is 0.00000324. The first-order chi connectivity index (χ1) is 16.1. The van der Waals surface area contributed by atoms with Crippen molar-refractivity contribution in [3.8, 4) is 5.75 Å². The molecule has 2 aromatic rings. The van der Waals surface area contributed by atoms with E-state index in [2.05, 4.69) is 63.1 Å². The highest BCUT2D eigenvalue weighted by molar-refractivity contribution is 14.0. The highest BCUT2D eigenvalue weighted by Gasteiger charge is 2.29. The van der Waals surface area contributed by atoms with Crippen LogP contribution in [0.3, 0.4) is 0 Å². The van der Waals surface area contributed by atoms with Gasteiger partial charge in [0.15, 0.2) is 12.6 Å². The number of halogens is 1. The molecule has 0 aromatic heterocycles. The number of ether oxygens (including phenoxy) is 1. The molecular formula is C26H36IN5O2. The molecule has 2 aromatic carbocycles. The number of likely N-dealkylation sites (tertiary alicyclic amines) is 1. The molecule has 7 nitrogen and oxygen atoms in total. The number of aliphatic imine (C=N–C) groups is 1. The molecule has 34 heavy (non-hydrogen) atoms. The molecule has 0 spiro atoms. The Bertz CT molecular complexity index is 951. The van der Waals surface area contributed by atoms with Crippen LogP contribution < -0.4 is 20.7 Å². The maximum Gasteiger partial charge on any atom is 0.258 e. The van der Waals surface area contributed by atoms with Crippen molar-refractivity contribution in [3.63, 3.8) is 0 Å². The quantitative estimate of drug-likeness (QED) is 0.242. The van der Waals surface area contributed by atoms with Crippen molar-refractivity contribution >= 4 is 35.8 Å². The number of carbonyl (C=O) groups is 1. The zero-order valence-corrected chi connectivity index (χ0v) is 22.3. The fourth-order valence-electron chi connectivity index (χ4n) is 4.21. The fraction of sp³-hybridized carbons (Fsp3) is 0.462. The maximum atomic E-state index is 11.8. The molecule has 2 aliphatic rings. The van der Waals surface area contributed by atoms with E-state index in [9.17, 15) is 4.79 Å². The lowest BCUT2D eigenvalue weighted by Gasteiger charge is -2.21. The van der Waals surface area contributed by atoms with E-state index in [0.717, 1.165) is 43.9 Å². The van der Waals surface area contributed by atoms with Crippen LogP contribution in [0.5, 0.6) is 5.75 Å². The molecule has 4 rings (SSSR count). The van der Waals surface area contributed by atoms with E-state index in [1.165, 1.54) is 5.56 Å². The second kappa shape index (κ2) is 12.9. The Morgan fingerprint density at radius 1 is 1.06 bits per heavy atom. The third-order valence-corrected chi connectivity index (χ3v) is 6.17. The zero-order valence-electron chi connectivity index (χ0n) is 20.0. The number of hydrogen-bond acceptors (Lipinski definition) is 4. The molecule has 3 N–H and O–H groups in total. The summed E-state index contributed by atoms with van der Waals surface area (Å²) in [7, 11) is 1.80. The summed E-state index contributed by atoms with van der Waals surface area (Å²) in [6.07, 6.45) is 3.24. The van der Waals surface area contributed by atoms with Gasteiger partial charge < -0.3 is 20.7 Å². The second-order valence-corrected chi connectivity index (χ2v) is 9.04. The van der Waals surface area contributed by atoms with Crippen molar-refractivity contribution in [3.05, 3.63) is 65.7 Å². The van der Waals surface area contributed by atoms with Crippen LogP contribution >= 0.6 is 24.0 Å². The second-order valence-electron chi connectivity index (χ2n) is 9.04. The minimum atomic E-state index is -0.0577. The van der Waals surface area contributed by atoms with Gasteiger partial charge in [-0.15, -0.1) is 24.0 Å². The molecular weight excluding hydrogens is 541 g/mol. The normalized spacial score (nSPS) is 20.4. The van der Waals surface area contributed by atoms with Gasteiger partial charge in [0.05, 0.1) is 0 Å². The predicted octanol–water partition coefficient (Wildman–Crippen LogP) is 3.29. The van der Waals surface area contributed by atoms with Gasteiger partial charge in [-0.3, -0.25) is 14.7 Å². The monoisotopic (exact) mass is 577 g/mol. The first kappa shape index (κ1) is 26.3. The minimum Gasteiger partial charge on any atom is -0.484 e. The van der Waals surface area contributed by atoms with Gasteiger partial charge in [0, 0.05) is 44.8 Å². The van der Waals surface area contributed by atoms with Gasteiger partial charge >= 0.3 is 0 Å². The van der Waals surface area contributed by atoms with E-state index >= 15 is 0 Å². The van der Waals surface area contributed by atoms with Gasteiger partial charge in [-0.05, 0) is 49.4 Å². The van der Waals surface area contributed by atoms with Gasteiger partial charge in [0.25, 0.3) is 5.91 Å². The van der Waals surface area contributed by atoms with Crippen LogP contribution in [-0.2, 0) is 17.9 Å². The summed E-state index contributed by atoms with van der Waals surface area (Å²) in [5.74, 6) is 1.44. The summed E-state index contributed by atoms with van der Waals surface area (Å²) in [5, 5.41) is 9.91. The standard InChI is InChI=1S/C26H35N5O2.HI/c1-19-13-23(17-31(19)16-20-7-4-3-5-8-20)30-26(27-2)28-15-21-9-6-10-24(14-21)33-18-25(32)29-22-11-12-22;/h3-10,14,19,22-23H,11-13,15-18H2,1-2H3,(H,29,32)(H2,27,28,30);1H. The Morgan fingerprint density at radius 2 is 1.82 bits per heavy atom. The summed E-state index contributed by atoms with van der Waals surface area (Å²) < 4.78 is 5.66. The van der Waals surface area contributed by atoms with E-state index in [0.29, 0.717) is 30.4 Å². The lowest BCUT2D eigenvalue weighted by Crippen LogP contribution is -2.44. The molecule has 2 unspecified atom stereocenters. The zero-order chi connectivity index (χ0) is 23.0. The average Bonchev–Trinajstić information content (AvgIpc) is 3.58. The van der Waals surface area contributed by atoms with E-state index in [1.807, 2.05) is 24.3 Å². The number of rotatable bonds is 9. The molecule has 1 amide bonds. The summed E-state index contributed by atoms with van der Waals surface area (Å²) in [6, 6.07) is 19.7. The van der Waals surface area contributed by atoms with Gasteiger partial charge in [0.1, 0.15) is 5.75 Å².